The Bertz CT molecular complexity index is 655. The van der Waals surface area contributed by atoms with E-state index in [4.69, 9.17) is 5.11 Å². The summed E-state index contributed by atoms with van der Waals surface area (Å²) in [6, 6.07) is 7.49. The second kappa shape index (κ2) is 4.05. The Balaban J connectivity index is 2.86. The number of hydrogen-bond donors (Lipinski definition) is 1. The van der Waals surface area contributed by atoms with Gasteiger partial charge in [-0.1, -0.05) is 18.2 Å². The fourth-order valence-corrected chi connectivity index (χ4v) is 2.08. The first kappa shape index (κ1) is 11.4. The van der Waals surface area contributed by atoms with Crippen LogP contribution in [0.5, 0.6) is 0 Å². The summed E-state index contributed by atoms with van der Waals surface area (Å²) in [5, 5.41) is 9.75. The fraction of sp³-hybridized carbons (Fsp3) is 0.231. The summed E-state index contributed by atoms with van der Waals surface area (Å²) < 4.78 is 1.50. The number of aryl methyl sites for hydroxylation is 2. The summed E-state index contributed by atoms with van der Waals surface area (Å²) in [4.78, 5) is 22.8. The number of carbonyl (C=O) groups is 1. The third-order valence-electron chi connectivity index (χ3n) is 3.01. The van der Waals surface area contributed by atoms with Gasteiger partial charge in [-0.3, -0.25) is 9.59 Å². The summed E-state index contributed by atoms with van der Waals surface area (Å²) in [5.74, 6) is -0.986. The maximum absolute atomic E-state index is 12.0. The van der Waals surface area contributed by atoms with Crippen molar-refractivity contribution >= 4 is 16.9 Å². The summed E-state index contributed by atoms with van der Waals surface area (Å²) in [6.45, 7) is 1.79. The lowest BCUT2D eigenvalue weighted by Gasteiger charge is -2.11. The van der Waals surface area contributed by atoms with Gasteiger partial charge in [0.25, 0.3) is 5.56 Å². The number of aromatic nitrogens is 1. The van der Waals surface area contributed by atoms with Gasteiger partial charge < -0.3 is 9.67 Å². The average molecular weight is 231 g/mol. The van der Waals surface area contributed by atoms with Gasteiger partial charge in [0.15, 0.2) is 0 Å². The molecule has 0 spiro atoms. The van der Waals surface area contributed by atoms with Crippen molar-refractivity contribution in [3.8, 4) is 0 Å². The minimum Gasteiger partial charge on any atom is -0.481 e. The summed E-state index contributed by atoms with van der Waals surface area (Å²) in [6.07, 6.45) is -0.233. The van der Waals surface area contributed by atoms with Crippen molar-refractivity contribution in [2.45, 2.75) is 13.3 Å². The lowest BCUT2D eigenvalue weighted by Crippen LogP contribution is -2.24. The van der Waals surface area contributed by atoms with Crippen LogP contribution in [0.15, 0.2) is 29.1 Å². The van der Waals surface area contributed by atoms with Crippen LogP contribution in [0.25, 0.3) is 10.9 Å². The van der Waals surface area contributed by atoms with E-state index in [9.17, 15) is 9.59 Å². The minimum absolute atomic E-state index is 0.233. The molecule has 0 radical (unpaired) electrons. The molecular weight excluding hydrogens is 218 g/mol. The second-order valence-electron chi connectivity index (χ2n) is 4.06. The predicted molar refractivity (Wildman–Crippen MR) is 65.3 cm³/mol. The molecule has 0 aliphatic carbocycles. The molecule has 1 heterocycles. The van der Waals surface area contributed by atoms with Crippen molar-refractivity contribution in [2.24, 2.45) is 7.05 Å². The molecule has 17 heavy (non-hydrogen) atoms. The summed E-state index contributed by atoms with van der Waals surface area (Å²) in [5.41, 5.74) is 1.71. The van der Waals surface area contributed by atoms with Crippen LogP contribution < -0.4 is 5.56 Å². The van der Waals surface area contributed by atoms with E-state index in [1.165, 1.54) is 4.57 Å². The Kier molecular flexibility index (Phi) is 2.71. The molecule has 2 aromatic rings. The van der Waals surface area contributed by atoms with Crippen molar-refractivity contribution < 1.29 is 9.90 Å². The molecule has 0 unspecified atom stereocenters. The minimum atomic E-state index is -0.986. The maximum atomic E-state index is 12.0. The number of pyridine rings is 1. The molecule has 0 atom stereocenters. The Labute approximate surface area is 98.1 Å². The lowest BCUT2D eigenvalue weighted by atomic mass is 10.0. The van der Waals surface area contributed by atoms with Crippen molar-refractivity contribution in [3.05, 3.63) is 45.7 Å². The number of hydrogen-bond acceptors (Lipinski definition) is 2. The van der Waals surface area contributed by atoms with Crippen LogP contribution in [0, 0.1) is 6.92 Å². The molecule has 1 N–H and O–H groups in total. The van der Waals surface area contributed by atoms with Crippen LogP contribution >= 0.6 is 0 Å². The third kappa shape index (κ3) is 1.82. The van der Waals surface area contributed by atoms with Gasteiger partial charge in [0.05, 0.1) is 11.9 Å². The maximum Gasteiger partial charge on any atom is 0.308 e. The number of fused-ring (bicyclic) bond motifs is 1. The molecule has 0 aliphatic rings. The van der Waals surface area contributed by atoms with Gasteiger partial charge in [0.1, 0.15) is 0 Å². The zero-order valence-electron chi connectivity index (χ0n) is 9.73. The molecule has 0 amide bonds. The van der Waals surface area contributed by atoms with Gasteiger partial charge in [0, 0.05) is 18.0 Å². The molecule has 88 valence electrons. The van der Waals surface area contributed by atoms with Gasteiger partial charge in [-0.05, 0) is 18.6 Å². The number of carboxylic acid groups (broad SMARTS) is 1. The van der Waals surface area contributed by atoms with Crippen LogP contribution in [0.2, 0.25) is 0 Å². The molecule has 0 saturated heterocycles. The smallest absolute Gasteiger partial charge is 0.308 e. The number of nitrogens with zero attached hydrogens (tertiary/aromatic N) is 1. The SMILES string of the molecule is Cc1c(CC(=O)O)c(=O)n(C)c2ccccc12. The molecular formula is C13H13NO3. The van der Waals surface area contributed by atoms with E-state index < -0.39 is 5.97 Å². The molecule has 0 fully saturated rings. The topological polar surface area (TPSA) is 59.3 Å². The van der Waals surface area contributed by atoms with Crippen LogP contribution in [0.3, 0.4) is 0 Å². The van der Waals surface area contributed by atoms with Crippen molar-refractivity contribution in [3.63, 3.8) is 0 Å². The lowest BCUT2D eigenvalue weighted by molar-refractivity contribution is -0.136. The van der Waals surface area contributed by atoms with Gasteiger partial charge in [0.2, 0.25) is 0 Å². The number of rotatable bonds is 2. The van der Waals surface area contributed by atoms with Crippen molar-refractivity contribution in [1.29, 1.82) is 0 Å². The Hall–Kier alpha value is -2.10. The Morgan fingerprint density at radius 3 is 2.65 bits per heavy atom. The Morgan fingerprint density at radius 1 is 1.35 bits per heavy atom. The van der Waals surface area contributed by atoms with E-state index >= 15 is 0 Å². The van der Waals surface area contributed by atoms with Crippen LogP contribution in [0.1, 0.15) is 11.1 Å². The van der Waals surface area contributed by atoms with E-state index in [2.05, 4.69) is 0 Å². The molecule has 4 nitrogen and oxygen atoms in total. The van der Waals surface area contributed by atoms with Gasteiger partial charge in [-0.25, -0.2) is 0 Å². The second-order valence-corrected chi connectivity index (χ2v) is 4.06. The zero-order chi connectivity index (χ0) is 12.6. The molecule has 1 aromatic carbocycles. The normalized spacial score (nSPS) is 10.7. The zero-order valence-corrected chi connectivity index (χ0v) is 9.73. The van der Waals surface area contributed by atoms with E-state index in [1.807, 2.05) is 24.3 Å². The van der Waals surface area contributed by atoms with Crippen molar-refractivity contribution in [2.75, 3.05) is 0 Å². The van der Waals surface area contributed by atoms with Crippen LogP contribution in [-0.2, 0) is 18.3 Å². The first-order valence-electron chi connectivity index (χ1n) is 5.31. The van der Waals surface area contributed by atoms with Gasteiger partial charge >= 0.3 is 5.97 Å². The first-order chi connectivity index (χ1) is 8.02. The number of para-hydroxylation sites is 1. The van der Waals surface area contributed by atoms with Crippen molar-refractivity contribution in [1.82, 2.24) is 4.57 Å². The fourth-order valence-electron chi connectivity index (χ4n) is 2.08. The van der Waals surface area contributed by atoms with E-state index in [0.29, 0.717) is 5.56 Å². The highest BCUT2D eigenvalue weighted by atomic mass is 16.4. The highest BCUT2D eigenvalue weighted by Crippen LogP contribution is 2.18. The molecule has 0 aliphatic heterocycles. The third-order valence-corrected chi connectivity index (χ3v) is 3.01. The first-order valence-corrected chi connectivity index (χ1v) is 5.31. The summed E-state index contributed by atoms with van der Waals surface area (Å²) in [7, 11) is 1.66. The standard InChI is InChI=1S/C13H13NO3/c1-8-9-5-3-4-6-11(9)14(2)13(17)10(8)7-12(15)16/h3-6H,7H2,1-2H3,(H,15,16). The molecule has 0 bridgehead atoms. The van der Waals surface area contributed by atoms with E-state index in [-0.39, 0.29) is 12.0 Å². The average Bonchev–Trinajstić information content (AvgIpc) is 2.31. The highest BCUT2D eigenvalue weighted by molar-refractivity contribution is 5.84. The predicted octanol–water partition coefficient (Wildman–Crippen LogP) is 1.47. The van der Waals surface area contributed by atoms with E-state index in [0.717, 1.165) is 16.5 Å². The quantitative estimate of drug-likeness (QED) is 0.851. The monoisotopic (exact) mass is 231 g/mol. The molecule has 1 aromatic heterocycles. The van der Waals surface area contributed by atoms with Crippen LogP contribution in [0.4, 0.5) is 0 Å². The van der Waals surface area contributed by atoms with Gasteiger partial charge in [-0.15, -0.1) is 0 Å². The molecule has 2 rings (SSSR count). The Morgan fingerprint density at radius 2 is 2.00 bits per heavy atom. The number of benzene rings is 1. The number of carboxylic acids is 1. The highest BCUT2D eigenvalue weighted by Gasteiger charge is 2.14. The molecule has 0 saturated carbocycles. The van der Waals surface area contributed by atoms with Crippen LogP contribution in [-0.4, -0.2) is 15.6 Å². The number of aliphatic carboxylic acids is 1. The largest absolute Gasteiger partial charge is 0.481 e. The molecule has 4 heteroatoms. The van der Waals surface area contributed by atoms with E-state index in [1.54, 1.807) is 14.0 Å². The summed E-state index contributed by atoms with van der Waals surface area (Å²) >= 11 is 0. The van der Waals surface area contributed by atoms with Gasteiger partial charge in [-0.2, -0.15) is 0 Å².